The molecule has 0 fully saturated rings. The summed E-state index contributed by atoms with van der Waals surface area (Å²) in [4.78, 5) is 8.92. The number of aromatic nitrogens is 1. The fourth-order valence-corrected chi connectivity index (χ4v) is 14.4. The van der Waals surface area contributed by atoms with Crippen LogP contribution in [0.2, 0.25) is 0 Å². The van der Waals surface area contributed by atoms with Crippen molar-refractivity contribution >= 4 is 110 Å². The van der Waals surface area contributed by atoms with Crippen molar-refractivity contribution in [1.29, 1.82) is 0 Å². The molecule has 0 amide bonds. The molecular weight excluding hydrogens is 1130 g/mol. The standard InChI is InChI=1S/C61H64N4O11S5/c66-80(67,68)43-11-29-64-58(78-55-27-25-46-13-1-4-17-50(46)60(55)64)22-9-16-49-45-48-15-3-6-19-52(48)62(49)31-33-72-35-37-74-39-41-76-42-40-75-38-36-73-34-32-63-53-20-7-8-21-54(53)77-57(63)23-10-24-59-65(30-12-44-81(69,70)71)61-51-18-5-2-14-47(51)26-28-56(61)79-59/h1-10,13-21,23-28H,11-12,29-45H2,(H-,66,67,68,69,70,71)/p+1/b49-16-. The highest BCUT2D eigenvalue weighted by atomic mass is 32.2. The average molecular weight is 1190 g/mol. The van der Waals surface area contributed by atoms with Crippen LogP contribution in [0.5, 0.6) is 0 Å². The summed E-state index contributed by atoms with van der Waals surface area (Å²) in [7, 11) is -8.16. The number of ether oxygens (including phenoxy) is 5. The zero-order chi connectivity index (χ0) is 56.0. The average Bonchev–Trinajstić information content (AvgIpc) is 4.38. The Morgan fingerprint density at radius 2 is 1.16 bits per heavy atom. The Morgan fingerprint density at radius 1 is 0.568 bits per heavy atom. The number of rotatable bonds is 29. The smallest absolute Gasteiger partial charge is 0.265 e. The van der Waals surface area contributed by atoms with E-state index in [1.807, 2.05) is 54.6 Å². The third-order valence-corrected chi connectivity index (χ3v) is 18.7. The van der Waals surface area contributed by atoms with Gasteiger partial charge in [-0.25, -0.2) is 0 Å². The van der Waals surface area contributed by atoms with Crippen LogP contribution in [0.4, 0.5) is 17.1 Å². The van der Waals surface area contributed by atoms with Crippen molar-refractivity contribution in [3.05, 3.63) is 178 Å². The molecule has 0 atom stereocenters. The number of thioether (sulfide) groups is 2. The van der Waals surface area contributed by atoms with Crippen molar-refractivity contribution in [1.82, 2.24) is 0 Å². The Hall–Kier alpha value is -5.81. The predicted octanol–water partition coefficient (Wildman–Crippen LogP) is 11.2. The number of hydrogen-bond acceptors (Lipinski definition) is 15. The van der Waals surface area contributed by atoms with Crippen LogP contribution >= 0.6 is 34.9 Å². The molecule has 0 bridgehead atoms. The summed E-state index contributed by atoms with van der Waals surface area (Å²) in [6.45, 7) is 6.83. The van der Waals surface area contributed by atoms with Crippen LogP contribution in [-0.4, -0.2) is 123 Å². The number of nitrogens with zero attached hydrogens (tertiary/aromatic N) is 4. The summed E-state index contributed by atoms with van der Waals surface area (Å²) in [5, 5.41) is 7.33. The maximum absolute atomic E-state index is 11.6. The summed E-state index contributed by atoms with van der Waals surface area (Å²) >= 11 is 4.97. The Kier molecular flexibility index (Phi) is 20.2. The van der Waals surface area contributed by atoms with Crippen LogP contribution in [0.25, 0.3) is 37.8 Å². The Bertz CT molecular complexity index is 3750. The van der Waals surface area contributed by atoms with Crippen molar-refractivity contribution in [2.45, 2.75) is 35.6 Å². The van der Waals surface area contributed by atoms with E-state index in [0.29, 0.717) is 92.2 Å². The molecule has 7 aromatic rings. The molecular formula is C61H65N4O11S5+. The van der Waals surface area contributed by atoms with E-state index in [1.54, 1.807) is 34.9 Å². The minimum Gasteiger partial charge on any atom is -0.377 e. The molecule has 2 N–H and O–H groups in total. The first kappa shape index (κ1) is 58.4. The lowest BCUT2D eigenvalue weighted by Gasteiger charge is -2.21. The summed E-state index contributed by atoms with van der Waals surface area (Å²) in [5.41, 5.74) is 10.2. The van der Waals surface area contributed by atoms with Gasteiger partial charge in [0.1, 0.15) is 9.73 Å². The lowest BCUT2D eigenvalue weighted by atomic mass is 10.1. The molecule has 3 aliphatic rings. The number of anilines is 3. The number of aryl methyl sites for hydroxylation is 1. The van der Waals surface area contributed by atoms with Crippen LogP contribution < -0.4 is 19.3 Å². The van der Waals surface area contributed by atoms with Gasteiger partial charge in [0.05, 0.1) is 99.4 Å². The third-order valence-electron chi connectivity index (χ3n) is 13.8. The lowest BCUT2D eigenvalue weighted by Crippen LogP contribution is -2.36. The number of benzene rings is 6. The van der Waals surface area contributed by atoms with Crippen LogP contribution in [0.15, 0.2) is 177 Å². The molecule has 1 aromatic heterocycles. The van der Waals surface area contributed by atoms with Gasteiger partial charge in [-0.2, -0.15) is 21.4 Å². The zero-order valence-electron chi connectivity index (χ0n) is 44.8. The molecule has 0 aliphatic carbocycles. The van der Waals surface area contributed by atoms with Gasteiger partial charge < -0.3 is 38.4 Å². The third kappa shape index (κ3) is 15.5. The largest absolute Gasteiger partial charge is 0.377 e. The molecule has 15 nitrogen and oxygen atoms in total. The lowest BCUT2D eigenvalue weighted by molar-refractivity contribution is -0.667. The van der Waals surface area contributed by atoms with Gasteiger partial charge in [-0.1, -0.05) is 132 Å². The minimum atomic E-state index is -4.08. The fraction of sp³-hybridized carbons (Fsp3) is 0.311. The van der Waals surface area contributed by atoms with Crippen molar-refractivity contribution in [3.63, 3.8) is 0 Å². The molecule has 6 aromatic carbocycles. The minimum absolute atomic E-state index is 0.274. The summed E-state index contributed by atoms with van der Waals surface area (Å²) in [6, 6.07) is 41.5. The van der Waals surface area contributed by atoms with E-state index in [1.165, 1.54) is 10.5 Å². The van der Waals surface area contributed by atoms with Gasteiger partial charge in [-0.15, -0.1) is 0 Å². The normalized spacial score (nSPS) is 15.3. The maximum atomic E-state index is 11.6. The van der Waals surface area contributed by atoms with E-state index in [4.69, 9.17) is 23.7 Å². The maximum Gasteiger partial charge on any atom is 0.265 e. The number of allylic oxidation sites excluding steroid dienone is 5. The van der Waals surface area contributed by atoms with E-state index in [9.17, 15) is 25.9 Å². The molecule has 20 heteroatoms. The zero-order valence-corrected chi connectivity index (χ0v) is 48.9. The van der Waals surface area contributed by atoms with Gasteiger partial charge in [0.2, 0.25) is 5.52 Å². The molecule has 0 unspecified atom stereocenters. The first-order valence-electron chi connectivity index (χ1n) is 27.0. The molecule has 0 radical (unpaired) electrons. The van der Waals surface area contributed by atoms with E-state index < -0.39 is 20.2 Å². The summed E-state index contributed by atoms with van der Waals surface area (Å²) in [6.07, 6.45) is 11.6. The molecule has 10 rings (SSSR count). The van der Waals surface area contributed by atoms with Gasteiger partial charge in [0.15, 0.2) is 6.54 Å². The topological polar surface area (TPSA) is 168 Å². The van der Waals surface area contributed by atoms with Crippen molar-refractivity contribution in [2.75, 3.05) is 112 Å². The van der Waals surface area contributed by atoms with Crippen molar-refractivity contribution in [3.8, 4) is 0 Å². The van der Waals surface area contributed by atoms with E-state index in [2.05, 4.69) is 122 Å². The molecule has 4 heterocycles. The summed E-state index contributed by atoms with van der Waals surface area (Å²) in [5.74, 6) is -0.614. The molecule has 0 saturated heterocycles. The highest BCUT2D eigenvalue weighted by Gasteiger charge is 2.29. The van der Waals surface area contributed by atoms with Crippen LogP contribution in [-0.2, 0) is 56.9 Å². The van der Waals surface area contributed by atoms with Gasteiger partial charge >= 0.3 is 0 Å². The predicted molar refractivity (Wildman–Crippen MR) is 327 cm³/mol. The molecule has 0 spiro atoms. The second-order valence-electron chi connectivity index (χ2n) is 19.3. The monoisotopic (exact) mass is 1190 g/mol. The summed E-state index contributed by atoms with van der Waals surface area (Å²) < 4.78 is 97.9. The van der Waals surface area contributed by atoms with Crippen LogP contribution in [0.3, 0.4) is 0 Å². The second kappa shape index (κ2) is 28.0. The second-order valence-corrected chi connectivity index (χ2v) is 25.6. The van der Waals surface area contributed by atoms with Crippen LogP contribution in [0, 0.1) is 0 Å². The van der Waals surface area contributed by atoms with Gasteiger partial charge in [0.25, 0.3) is 25.2 Å². The van der Waals surface area contributed by atoms with E-state index >= 15 is 0 Å². The molecule has 81 heavy (non-hydrogen) atoms. The highest BCUT2D eigenvalue weighted by molar-refractivity contribution is 8.04. The Balaban J connectivity index is 0.618. The number of fused-ring (bicyclic) bond motifs is 8. The quantitative estimate of drug-likeness (QED) is 0.0196. The van der Waals surface area contributed by atoms with Crippen LogP contribution in [0.1, 0.15) is 23.4 Å². The van der Waals surface area contributed by atoms with Gasteiger partial charge in [0, 0.05) is 65.1 Å². The van der Waals surface area contributed by atoms with Crippen molar-refractivity contribution in [2.24, 2.45) is 0 Å². The van der Waals surface area contributed by atoms with Gasteiger partial charge in [-0.3, -0.25) is 9.11 Å². The fourth-order valence-electron chi connectivity index (χ4n) is 10.1. The Morgan fingerprint density at radius 3 is 1.88 bits per heavy atom. The molecule has 424 valence electrons. The van der Waals surface area contributed by atoms with E-state index in [0.717, 1.165) is 80.9 Å². The van der Waals surface area contributed by atoms with Gasteiger partial charge in [-0.05, 0) is 77.4 Å². The number of hydrogen-bond donors (Lipinski definition) is 2. The molecule has 0 saturated carbocycles. The first-order valence-corrected chi connectivity index (χ1v) is 32.7. The van der Waals surface area contributed by atoms with Crippen molar-refractivity contribution < 1.29 is 54.2 Å². The highest BCUT2D eigenvalue weighted by Crippen LogP contribution is 2.49. The van der Waals surface area contributed by atoms with E-state index in [-0.39, 0.29) is 24.3 Å². The number of thiazole rings is 1. The SMILES string of the molecule is O=S(=O)(O)CCCN1C(=C=C/C=C2/Cc3ccccc3N2CCOCCOCCOCCOCCOCCN2/C(=C\C=C\c3sc4ccc5ccccc5c4[n+]3CCCS(=O)(=O)O)Sc3ccccc32)Sc2ccc3ccccc3c21. The molecule has 3 aliphatic heterocycles. The first-order chi connectivity index (χ1) is 39.5. The number of para-hydroxylation sites is 2. The Labute approximate surface area is 486 Å².